The number of Topliss-reactive ketones (excluding diaryl/α,β-unsaturated/α-hetero) is 1. The summed E-state index contributed by atoms with van der Waals surface area (Å²) in [4.78, 5) is 11.7. The van der Waals surface area contributed by atoms with Crippen molar-refractivity contribution in [3.05, 3.63) is 0 Å². The van der Waals surface area contributed by atoms with Gasteiger partial charge in [-0.15, -0.1) is 0 Å². The minimum absolute atomic E-state index is 0.453. The van der Waals surface area contributed by atoms with Gasteiger partial charge in [0.1, 0.15) is 48.8 Å². The molecule has 0 radical (unpaired) electrons. The molecule has 1 fully saturated rings. The molecule has 0 aliphatic carbocycles. The minimum atomic E-state index is -2.23. The van der Waals surface area contributed by atoms with Crippen molar-refractivity contribution >= 4 is 5.78 Å². The van der Waals surface area contributed by atoms with Gasteiger partial charge in [0.15, 0.2) is 5.78 Å². The first-order valence-corrected chi connectivity index (χ1v) is 6.25. The van der Waals surface area contributed by atoms with E-state index in [9.17, 15) is 35.4 Å². The Balaban J connectivity index is 2.73. The zero-order valence-electron chi connectivity index (χ0n) is 10.9. The summed E-state index contributed by atoms with van der Waals surface area (Å²) >= 11 is 0. The van der Waals surface area contributed by atoms with E-state index in [0.29, 0.717) is 0 Å². The number of rotatable bonds is 6. The molecular weight excluding hydrogens is 292 g/mol. The zero-order valence-corrected chi connectivity index (χ0v) is 10.9. The third kappa shape index (κ3) is 3.94. The highest BCUT2D eigenvalue weighted by atomic mass is 16.5. The molecule has 0 spiro atoms. The van der Waals surface area contributed by atoms with Crippen molar-refractivity contribution in [1.29, 1.82) is 0 Å². The number of ketones is 1. The lowest BCUT2D eigenvalue weighted by Gasteiger charge is -2.37. The second kappa shape index (κ2) is 7.54. The SMILES string of the molecule is O=C(C(O)C1OC[C@@H](O)[C@H](O)[C@H]1O)[C@@H](O)[C@H](O)[C@H](O)CO. The van der Waals surface area contributed by atoms with Crippen LogP contribution in [-0.4, -0.2) is 109 Å². The molecule has 8 atom stereocenters. The highest BCUT2D eigenvalue weighted by Crippen LogP contribution is 2.20. The smallest absolute Gasteiger partial charge is 0.195 e. The number of aliphatic hydroxyl groups is 8. The van der Waals surface area contributed by atoms with Crippen molar-refractivity contribution < 1.29 is 50.4 Å². The van der Waals surface area contributed by atoms with E-state index in [4.69, 9.17) is 14.9 Å². The van der Waals surface area contributed by atoms with E-state index in [1.807, 2.05) is 0 Å². The molecule has 10 heteroatoms. The lowest BCUT2D eigenvalue weighted by molar-refractivity contribution is -0.213. The molecule has 8 N–H and O–H groups in total. The van der Waals surface area contributed by atoms with E-state index in [1.165, 1.54) is 0 Å². The Kier molecular flexibility index (Phi) is 6.59. The van der Waals surface area contributed by atoms with Crippen LogP contribution in [0, 0.1) is 0 Å². The predicted molar refractivity (Wildman–Crippen MR) is 63.9 cm³/mol. The molecule has 0 bridgehead atoms. The number of aliphatic hydroxyl groups excluding tert-OH is 8. The van der Waals surface area contributed by atoms with Crippen molar-refractivity contribution in [2.75, 3.05) is 13.2 Å². The van der Waals surface area contributed by atoms with Crippen molar-refractivity contribution in [2.24, 2.45) is 0 Å². The van der Waals surface area contributed by atoms with E-state index in [1.54, 1.807) is 0 Å². The fourth-order valence-corrected chi connectivity index (χ4v) is 1.93. The maximum absolute atomic E-state index is 11.7. The van der Waals surface area contributed by atoms with E-state index < -0.39 is 67.8 Å². The molecule has 1 saturated heterocycles. The van der Waals surface area contributed by atoms with Gasteiger partial charge in [0, 0.05) is 0 Å². The highest BCUT2D eigenvalue weighted by molar-refractivity contribution is 5.88. The first kappa shape index (κ1) is 18.4. The fraction of sp³-hybridized carbons (Fsp3) is 0.909. The average Bonchev–Trinajstić information content (AvgIpc) is 2.49. The maximum Gasteiger partial charge on any atom is 0.195 e. The Bertz CT molecular complexity index is 350. The molecule has 0 aromatic carbocycles. The molecule has 0 saturated carbocycles. The van der Waals surface area contributed by atoms with Crippen molar-refractivity contribution in [3.8, 4) is 0 Å². The standard InChI is InChI=1S/C11H20O10/c12-1-3(13)5(15)7(17)8(18)10(20)11-9(19)6(16)4(14)2-21-11/h3-7,9-17,19-20H,1-2H2/t3-,4-,5-,6+,7+,9-,10?,11?/m1/s1. The molecule has 10 nitrogen and oxygen atoms in total. The molecule has 1 heterocycles. The topological polar surface area (TPSA) is 188 Å². The molecule has 124 valence electrons. The maximum atomic E-state index is 11.7. The van der Waals surface area contributed by atoms with Crippen molar-refractivity contribution in [2.45, 2.75) is 48.8 Å². The van der Waals surface area contributed by atoms with Crippen LogP contribution in [0.25, 0.3) is 0 Å². The fourth-order valence-electron chi connectivity index (χ4n) is 1.93. The Labute approximate surface area is 119 Å². The molecular formula is C11H20O10. The van der Waals surface area contributed by atoms with Crippen LogP contribution in [0.4, 0.5) is 0 Å². The Morgan fingerprint density at radius 1 is 1.10 bits per heavy atom. The number of ether oxygens (including phenoxy) is 1. The molecule has 1 rings (SSSR count). The van der Waals surface area contributed by atoms with Gasteiger partial charge < -0.3 is 45.6 Å². The summed E-state index contributed by atoms with van der Waals surface area (Å²) < 4.78 is 4.84. The van der Waals surface area contributed by atoms with E-state index >= 15 is 0 Å². The van der Waals surface area contributed by atoms with Crippen LogP contribution in [0.5, 0.6) is 0 Å². The second-order valence-corrected chi connectivity index (χ2v) is 4.88. The third-order valence-electron chi connectivity index (χ3n) is 3.34. The van der Waals surface area contributed by atoms with Crippen LogP contribution >= 0.6 is 0 Å². The Morgan fingerprint density at radius 2 is 1.67 bits per heavy atom. The van der Waals surface area contributed by atoms with Gasteiger partial charge in [-0.25, -0.2) is 0 Å². The summed E-state index contributed by atoms with van der Waals surface area (Å²) in [5.74, 6) is -1.37. The lowest BCUT2D eigenvalue weighted by atomic mass is 9.91. The van der Waals surface area contributed by atoms with Gasteiger partial charge in [-0.3, -0.25) is 4.79 Å². The second-order valence-electron chi connectivity index (χ2n) is 4.88. The third-order valence-corrected chi connectivity index (χ3v) is 3.34. The van der Waals surface area contributed by atoms with Crippen LogP contribution < -0.4 is 0 Å². The number of carbonyl (C=O) groups excluding carboxylic acids is 1. The largest absolute Gasteiger partial charge is 0.394 e. The van der Waals surface area contributed by atoms with Gasteiger partial charge in [-0.1, -0.05) is 0 Å². The molecule has 1 aliphatic rings. The normalized spacial score (nSPS) is 35.8. The highest BCUT2D eigenvalue weighted by Gasteiger charge is 2.45. The van der Waals surface area contributed by atoms with Gasteiger partial charge in [-0.2, -0.15) is 0 Å². The summed E-state index contributed by atoms with van der Waals surface area (Å²) in [6, 6.07) is 0. The average molecular weight is 312 g/mol. The molecule has 1 aliphatic heterocycles. The van der Waals surface area contributed by atoms with E-state index in [-0.39, 0.29) is 0 Å². The van der Waals surface area contributed by atoms with Gasteiger partial charge in [0.05, 0.1) is 13.2 Å². The first-order valence-electron chi connectivity index (χ1n) is 6.25. The molecule has 2 unspecified atom stereocenters. The first-order chi connectivity index (χ1) is 9.72. The Hall–Kier alpha value is -0.690. The van der Waals surface area contributed by atoms with E-state index in [0.717, 1.165) is 0 Å². The number of hydrogen-bond acceptors (Lipinski definition) is 10. The summed E-state index contributed by atoms with van der Waals surface area (Å²) in [6.07, 6.45) is -14.7. The summed E-state index contributed by atoms with van der Waals surface area (Å²) in [7, 11) is 0. The van der Waals surface area contributed by atoms with Crippen LogP contribution in [-0.2, 0) is 9.53 Å². The van der Waals surface area contributed by atoms with Gasteiger partial charge in [0.2, 0.25) is 0 Å². The quantitative estimate of drug-likeness (QED) is 0.235. The Morgan fingerprint density at radius 3 is 2.19 bits per heavy atom. The summed E-state index contributed by atoms with van der Waals surface area (Å²) in [5, 5.41) is 74.7. The molecule has 0 aromatic heterocycles. The summed E-state index contributed by atoms with van der Waals surface area (Å²) in [5.41, 5.74) is 0. The van der Waals surface area contributed by atoms with Crippen molar-refractivity contribution in [3.63, 3.8) is 0 Å². The lowest BCUT2D eigenvalue weighted by Crippen LogP contribution is -2.60. The zero-order chi connectivity index (χ0) is 16.3. The van der Waals surface area contributed by atoms with Gasteiger partial charge in [-0.05, 0) is 0 Å². The summed E-state index contributed by atoms with van der Waals surface area (Å²) in [6.45, 7) is -1.37. The van der Waals surface area contributed by atoms with Crippen LogP contribution in [0.1, 0.15) is 0 Å². The van der Waals surface area contributed by atoms with Crippen molar-refractivity contribution in [1.82, 2.24) is 0 Å². The van der Waals surface area contributed by atoms with Crippen LogP contribution in [0.3, 0.4) is 0 Å². The monoisotopic (exact) mass is 312 g/mol. The molecule has 0 aromatic rings. The predicted octanol–water partition coefficient (Wildman–Crippen LogP) is -5.53. The van der Waals surface area contributed by atoms with E-state index in [2.05, 4.69) is 0 Å². The molecule has 21 heavy (non-hydrogen) atoms. The number of hydrogen-bond donors (Lipinski definition) is 8. The van der Waals surface area contributed by atoms with Crippen LogP contribution in [0.15, 0.2) is 0 Å². The van der Waals surface area contributed by atoms with Gasteiger partial charge in [0.25, 0.3) is 0 Å². The molecule has 0 amide bonds. The minimum Gasteiger partial charge on any atom is -0.394 e. The number of carbonyl (C=O) groups is 1. The van der Waals surface area contributed by atoms with Gasteiger partial charge >= 0.3 is 0 Å². The van der Waals surface area contributed by atoms with Crippen LogP contribution in [0.2, 0.25) is 0 Å².